The van der Waals surface area contributed by atoms with Gasteiger partial charge < -0.3 is 0 Å². The molecule has 0 N–H and O–H groups in total. The number of thiophene rings is 1. The van der Waals surface area contributed by atoms with Crippen molar-refractivity contribution in [2.24, 2.45) is 11.8 Å². The second-order valence-corrected chi connectivity index (χ2v) is 17.9. The van der Waals surface area contributed by atoms with Crippen LogP contribution in [0.15, 0.2) is 176 Å². The maximum atomic E-state index is 5.41. The molecule has 294 valence electrons. The third-order valence-corrected chi connectivity index (χ3v) is 13.5. The summed E-state index contributed by atoms with van der Waals surface area (Å²) in [6.45, 7) is 4.58. The molecule has 5 aromatic carbocycles. The van der Waals surface area contributed by atoms with E-state index in [0.29, 0.717) is 11.8 Å². The average Bonchev–Trinajstić information content (AvgIpc) is 3.71. The number of allylic oxidation sites excluding steroid dienone is 12. The van der Waals surface area contributed by atoms with Crippen LogP contribution in [0.1, 0.15) is 62.0 Å². The van der Waals surface area contributed by atoms with Gasteiger partial charge in [0.2, 0.25) is 0 Å². The zero-order valence-electron chi connectivity index (χ0n) is 34.5. The van der Waals surface area contributed by atoms with Gasteiger partial charge >= 0.3 is 0 Å². The molecule has 4 heteroatoms. The van der Waals surface area contributed by atoms with Gasteiger partial charge in [-0.05, 0) is 112 Å². The molecule has 0 saturated carbocycles. The molecule has 2 atom stereocenters. The van der Waals surface area contributed by atoms with E-state index in [-0.39, 0.29) is 0 Å². The fraction of sp³-hybridized carbons (Fsp3) is 0.140. The molecule has 0 aliphatic heterocycles. The standard InChI is InChI=1S/C57H45N3S/c1-36-13-11-18-42(29-36)38-23-25-39(26-24-38)50-35-51(60-57(59-50)41-16-7-4-8-17-41)47-31-37(2)30-46(33-47)44-20-12-19-43(32-44)45-27-28-48-52(34-45)58-55(40-14-5-3-6-15-40)56-54(48)49-21-9-10-22-53(49)61-56/h4-5,7-12,14-30,32-37H,3,6,13,31H2,1-2H3/t36?,37-/m0/s1. The summed E-state index contributed by atoms with van der Waals surface area (Å²) in [4.78, 5) is 15.8. The van der Waals surface area contributed by atoms with Gasteiger partial charge in [0.05, 0.1) is 27.3 Å². The number of nitrogens with zero attached hydrogens (tertiary/aromatic N) is 3. The predicted molar refractivity (Wildman–Crippen MR) is 260 cm³/mol. The molecule has 61 heavy (non-hydrogen) atoms. The summed E-state index contributed by atoms with van der Waals surface area (Å²) >= 11 is 1.86. The summed E-state index contributed by atoms with van der Waals surface area (Å²) in [5, 5.41) is 3.82. The van der Waals surface area contributed by atoms with Crippen LogP contribution in [0.5, 0.6) is 0 Å². The van der Waals surface area contributed by atoms with Crippen molar-refractivity contribution in [2.75, 3.05) is 0 Å². The summed E-state index contributed by atoms with van der Waals surface area (Å²) in [6, 6.07) is 46.0. The van der Waals surface area contributed by atoms with Gasteiger partial charge in [0.1, 0.15) is 0 Å². The third-order valence-electron chi connectivity index (χ3n) is 12.3. The van der Waals surface area contributed by atoms with Crippen molar-refractivity contribution >= 4 is 64.7 Å². The van der Waals surface area contributed by atoms with Crippen LogP contribution in [0.25, 0.3) is 87.1 Å². The first-order valence-electron chi connectivity index (χ1n) is 21.6. The lowest BCUT2D eigenvalue weighted by molar-refractivity contribution is 0.740. The van der Waals surface area contributed by atoms with Gasteiger partial charge in [-0.15, -0.1) is 11.3 Å². The van der Waals surface area contributed by atoms with E-state index < -0.39 is 0 Å². The van der Waals surface area contributed by atoms with Crippen LogP contribution in [-0.4, -0.2) is 15.0 Å². The van der Waals surface area contributed by atoms with Crippen molar-refractivity contribution < 1.29 is 0 Å². The van der Waals surface area contributed by atoms with E-state index >= 15 is 0 Å². The van der Waals surface area contributed by atoms with Crippen LogP contribution < -0.4 is 0 Å². The van der Waals surface area contributed by atoms with E-state index in [1.54, 1.807) is 0 Å². The highest BCUT2D eigenvalue weighted by molar-refractivity contribution is 7.26. The number of hydrogen-bond donors (Lipinski definition) is 0. The Kier molecular flexibility index (Phi) is 9.59. The molecule has 0 spiro atoms. The van der Waals surface area contributed by atoms with E-state index in [0.717, 1.165) is 70.8 Å². The lowest BCUT2D eigenvalue weighted by atomic mass is 9.86. The number of hydrogen-bond acceptors (Lipinski definition) is 4. The van der Waals surface area contributed by atoms with Crippen LogP contribution >= 0.6 is 11.3 Å². The van der Waals surface area contributed by atoms with E-state index in [4.69, 9.17) is 15.0 Å². The van der Waals surface area contributed by atoms with Gasteiger partial charge in [-0.1, -0.05) is 160 Å². The molecular formula is C57H45N3S. The monoisotopic (exact) mass is 803 g/mol. The molecular weight excluding hydrogens is 759 g/mol. The van der Waals surface area contributed by atoms with E-state index in [9.17, 15) is 0 Å². The molecule has 0 fully saturated rings. The molecule has 3 heterocycles. The Labute approximate surface area is 361 Å². The third kappa shape index (κ3) is 7.21. The van der Waals surface area contributed by atoms with Gasteiger partial charge in [-0.25, -0.2) is 15.0 Å². The second-order valence-electron chi connectivity index (χ2n) is 16.8. The topological polar surface area (TPSA) is 38.7 Å². The first kappa shape index (κ1) is 37.3. The maximum absolute atomic E-state index is 5.41. The molecule has 3 nitrogen and oxygen atoms in total. The molecule has 11 rings (SSSR count). The van der Waals surface area contributed by atoms with Crippen molar-refractivity contribution in [3.63, 3.8) is 0 Å². The van der Waals surface area contributed by atoms with Crippen molar-refractivity contribution in [1.82, 2.24) is 15.0 Å². The van der Waals surface area contributed by atoms with E-state index in [1.807, 2.05) is 17.4 Å². The fourth-order valence-corrected chi connectivity index (χ4v) is 10.5. The number of aromatic nitrogens is 3. The highest BCUT2D eigenvalue weighted by atomic mass is 32.1. The number of pyridine rings is 1. The largest absolute Gasteiger partial charge is 0.246 e. The van der Waals surface area contributed by atoms with Crippen LogP contribution in [-0.2, 0) is 0 Å². The Hall–Kier alpha value is -6.75. The molecule has 0 bridgehead atoms. The van der Waals surface area contributed by atoms with Crippen molar-refractivity contribution in [2.45, 2.75) is 39.5 Å². The fourth-order valence-electron chi connectivity index (χ4n) is 9.24. The highest BCUT2D eigenvalue weighted by Crippen LogP contribution is 2.43. The summed E-state index contributed by atoms with van der Waals surface area (Å²) < 4.78 is 2.57. The molecule has 0 radical (unpaired) electrons. The zero-order chi connectivity index (χ0) is 40.9. The average molecular weight is 804 g/mol. The Bertz CT molecular complexity index is 3210. The predicted octanol–water partition coefficient (Wildman–Crippen LogP) is 15.6. The molecule has 3 aliphatic rings. The minimum atomic E-state index is 0.338. The lowest BCUT2D eigenvalue weighted by Crippen LogP contribution is -2.05. The highest BCUT2D eigenvalue weighted by Gasteiger charge is 2.21. The number of benzene rings is 5. The normalized spacial score (nSPS) is 17.7. The summed E-state index contributed by atoms with van der Waals surface area (Å²) in [5.74, 6) is 1.63. The zero-order valence-corrected chi connectivity index (χ0v) is 35.3. The van der Waals surface area contributed by atoms with Crippen LogP contribution in [0.4, 0.5) is 0 Å². The van der Waals surface area contributed by atoms with Gasteiger partial charge in [0.25, 0.3) is 0 Å². The minimum Gasteiger partial charge on any atom is -0.246 e. The number of rotatable bonds is 7. The summed E-state index contributed by atoms with van der Waals surface area (Å²) in [7, 11) is 0. The molecule has 0 amide bonds. The smallest absolute Gasteiger partial charge is 0.160 e. The van der Waals surface area contributed by atoms with Crippen molar-refractivity contribution in [1.29, 1.82) is 0 Å². The maximum Gasteiger partial charge on any atom is 0.160 e. The first-order valence-corrected chi connectivity index (χ1v) is 22.4. The van der Waals surface area contributed by atoms with Crippen LogP contribution in [0, 0.1) is 11.8 Å². The molecule has 0 saturated heterocycles. The minimum absolute atomic E-state index is 0.338. The SMILES string of the molecule is CC1C=C(c2ccc(-c3cc(C4=CC(c5cccc(-c6ccc7c(c6)nc(C6=CCCC=C6)c6sc8ccccc8c67)c5)=C[C@H](C)C4)nc(-c4ccccc4)n3)cc2)C=CC1. The van der Waals surface area contributed by atoms with Crippen molar-refractivity contribution in [3.05, 3.63) is 199 Å². The van der Waals surface area contributed by atoms with Gasteiger partial charge in [0.15, 0.2) is 5.82 Å². The van der Waals surface area contributed by atoms with Gasteiger partial charge in [0, 0.05) is 32.0 Å². The summed E-state index contributed by atoms with van der Waals surface area (Å²) in [6.07, 6.45) is 22.7. The van der Waals surface area contributed by atoms with Gasteiger partial charge in [-0.3, -0.25) is 0 Å². The van der Waals surface area contributed by atoms with Crippen molar-refractivity contribution in [3.8, 4) is 33.8 Å². The quantitative estimate of drug-likeness (QED) is 0.161. The molecule has 3 aliphatic carbocycles. The summed E-state index contributed by atoms with van der Waals surface area (Å²) in [5.41, 5.74) is 15.8. The Morgan fingerprint density at radius 3 is 2.13 bits per heavy atom. The first-order chi connectivity index (χ1) is 30.0. The molecule has 3 aromatic heterocycles. The second kappa shape index (κ2) is 15.7. The van der Waals surface area contributed by atoms with Gasteiger partial charge in [-0.2, -0.15) is 0 Å². The molecule has 1 unspecified atom stereocenters. The Morgan fingerprint density at radius 1 is 0.541 bits per heavy atom. The number of fused-ring (bicyclic) bond motifs is 5. The van der Waals surface area contributed by atoms with Crippen LogP contribution in [0.2, 0.25) is 0 Å². The Morgan fingerprint density at radius 2 is 1.28 bits per heavy atom. The van der Waals surface area contributed by atoms with E-state index in [1.165, 1.54) is 64.5 Å². The Balaban J connectivity index is 0.969. The van der Waals surface area contributed by atoms with E-state index in [2.05, 4.69) is 184 Å². The van der Waals surface area contributed by atoms with Crippen LogP contribution in [0.3, 0.4) is 0 Å². The molecule has 8 aromatic rings. The lowest BCUT2D eigenvalue weighted by Gasteiger charge is -2.20.